The van der Waals surface area contributed by atoms with Crippen LogP contribution in [0.3, 0.4) is 0 Å². The van der Waals surface area contributed by atoms with Gasteiger partial charge in [-0.15, -0.1) is 0 Å². The van der Waals surface area contributed by atoms with Crippen LogP contribution < -0.4 is 11.1 Å². The van der Waals surface area contributed by atoms with E-state index in [0.29, 0.717) is 22.8 Å². The summed E-state index contributed by atoms with van der Waals surface area (Å²) >= 11 is 6.33. The standard InChI is InChI=1S/C16H14ClN5O2/c1-8(23)19-5-10-2-9-3-12(17)11(4-13(9)22-10)14-6-21-15(7-20-14)16(18)24/h2-4,6-7,22H,5H2,1H3,(H2,18,24)(H,19,23). The molecule has 3 aromatic rings. The molecule has 2 amide bonds. The Morgan fingerprint density at radius 1 is 1.25 bits per heavy atom. The summed E-state index contributed by atoms with van der Waals surface area (Å²) < 4.78 is 0. The highest BCUT2D eigenvalue weighted by Gasteiger charge is 2.11. The predicted molar refractivity (Wildman–Crippen MR) is 90.4 cm³/mol. The van der Waals surface area contributed by atoms with Gasteiger partial charge in [-0.2, -0.15) is 0 Å². The summed E-state index contributed by atoms with van der Waals surface area (Å²) in [6.07, 6.45) is 2.77. The summed E-state index contributed by atoms with van der Waals surface area (Å²) in [5.41, 5.74) is 8.18. The van der Waals surface area contributed by atoms with Crippen LogP contribution in [0.4, 0.5) is 0 Å². The van der Waals surface area contributed by atoms with Gasteiger partial charge in [0.05, 0.1) is 29.7 Å². The number of aromatic nitrogens is 3. The summed E-state index contributed by atoms with van der Waals surface area (Å²) in [6, 6.07) is 5.58. The van der Waals surface area contributed by atoms with Crippen LogP contribution in [0.2, 0.25) is 5.02 Å². The Kier molecular flexibility index (Phi) is 4.18. The van der Waals surface area contributed by atoms with Gasteiger partial charge in [0.2, 0.25) is 5.91 Å². The van der Waals surface area contributed by atoms with Gasteiger partial charge in [-0.25, -0.2) is 4.98 Å². The number of amides is 2. The number of H-pyrrole nitrogens is 1. The van der Waals surface area contributed by atoms with Gasteiger partial charge < -0.3 is 16.0 Å². The van der Waals surface area contributed by atoms with Gasteiger partial charge in [-0.05, 0) is 18.2 Å². The van der Waals surface area contributed by atoms with Gasteiger partial charge in [-0.1, -0.05) is 11.6 Å². The molecular formula is C16H14ClN5O2. The maximum absolute atomic E-state index is 11.1. The van der Waals surface area contributed by atoms with Crippen LogP contribution in [0, 0.1) is 0 Å². The van der Waals surface area contributed by atoms with Crippen LogP contribution >= 0.6 is 11.6 Å². The Morgan fingerprint density at radius 2 is 2.04 bits per heavy atom. The van der Waals surface area contributed by atoms with E-state index in [-0.39, 0.29) is 11.6 Å². The van der Waals surface area contributed by atoms with Crippen LogP contribution in [-0.2, 0) is 11.3 Å². The van der Waals surface area contributed by atoms with Crippen LogP contribution in [0.15, 0.2) is 30.6 Å². The molecule has 1 aromatic carbocycles. The lowest BCUT2D eigenvalue weighted by Crippen LogP contribution is -2.18. The lowest BCUT2D eigenvalue weighted by Gasteiger charge is -2.04. The number of nitrogens with two attached hydrogens (primary N) is 1. The number of nitrogens with one attached hydrogen (secondary N) is 2. The summed E-state index contributed by atoms with van der Waals surface area (Å²) in [5.74, 6) is -0.736. The first-order valence-corrected chi connectivity index (χ1v) is 7.49. The summed E-state index contributed by atoms with van der Waals surface area (Å²) in [5, 5.41) is 4.16. The lowest BCUT2D eigenvalue weighted by molar-refractivity contribution is -0.119. The monoisotopic (exact) mass is 343 g/mol. The highest BCUT2D eigenvalue weighted by Crippen LogP contribution is 2.31. The minimum atomic E-state index is -0.636. The smallest absolute Gasteiger partial charge is 0.268 e. The van der Waals surface area contributed by atoms with E-state index in [9.17, 15) is 9.59 Å². The number of carbonyl (C=O) groups is 2. The number of fused-ring (bicyclic) bond motifs is 1. The van der Waals surface area contributed by atoms with E-state index in [2.05, 4.69) is 20.3 Å². The number of benzene rings is 1. The number of nitrogens with zero attached hydrogens (tertiary/aromatic N) is 2. The largest absolute Gasteiger partial charge is 0.364 e. The third-order valence-electron chi connectivity index (χ3n) is 3.47. The zero-order valence-corrected chi connectivity index (χ0v) is 13.5. The van der Waals surface area contributed by atoms with E-state index >= 15 is 0 Å². The fourth-order valence-corrected chi connectivity index (χ4v) is 2.59. The van der Waals surface area contributed by atoms with Crippen molar-refractivity contribution < 1.29 is 9.59 Å². The lowest BCUT2D eigenvalue weighted by atomic mass is 10.1. The molecule has 0 aliphatic rings. The normalized spacial score (nSPS) is 10.8. The number of aromatic amines is 1. The molecule has 0 aliphatic heterocycles. The molecule has 0 spiro atoms. The van der Waals surface area contributed by atoms with E-state index in [1.54, 1.807) is 0 Å². The second-order valence-corrected chi connectivity index (χ2v) is 5.68. The van der Waals surface area contributed by atoms with Crippen molar-refractivity contribution in [3.8, 4) is 11.3 Å². The molecule has 0 bridgehead atoms. The third-order valence-corrected chi connectivity index (χ3v) is 3.78. The van der Waals surface area contributed by atoms with Crippen molar-refractivity contribution in [1.82, 2.24) is 20.3 Å². The van der Waals surface area contributed by atoms with Crippen molar-refractivity contribution >= 4 is 34.3 Å². The quantitative estimate of drug-likeness (QED) is 0.672. The average Bonchev–Trinajstić information content (AvgIpc) is 2.94. The number of primary amides is 1. The Balaban J connectivity index is 1.97. The summed E-state index contributed by atoms with van der Waals surface area (Å²) in [7, 11) is 0. The molecule has 0 saturated heterocycles. The van der Waals surface area contributed by atoms with Crippen LogP contribution in [0.25, 0.3) is 22.2 Å². The molecule has 2 aromatic heterocycles. The van der Waals surface area contributed by atoms with Gasteiger partial charge >= 0.3 is 0 Å². The first kappa shape index (κ1) is 15.9. The molecule has 7 nitrogen and oxygen atoms in total. The van der Waals surface area contributed by atoms with Crippen molar-refractivity contribution in [1.29, 1.82) is 0 Å². The maximum atomic E-state index is 11.1. The third kappa shape index (κ3) is 3.21. The molecule has 8 heteroatoms. The molecule has 0 fully saturated rings. The van der Waals surface area contributed by atoms with Crippen LogP contribution in [-0.4, -0.2) is 26.8 Å². The molecule has 3 rings (SSSR count). The number of hydrogen-bond acceptors (Lipinski definition) is 4. The number of hydrogen-bond donors (Lipinski definition) is 3. The first-order chi connectivity index (χ1) is 11.4. The number of rotatable bonds is 4. The molecule has 122 valence electrons. The Labute approximate surface area is 142 Å². The molecule has 24 heavy (non-hydrogen) atoms. The minimum Gasteiger partial charge on any atom is -0.364 e. The molecule has 0 radical (unpaired) electrons. The number of halogens is 1. The Bertz CT molecular complexity index is 934. The predicted octanol–water partition coefficient (Wildman–Crippen LogP) is 2.01. The van der Waals surface area contributed by atoms with Gasteiger partial charge in [0, 0.05) is 29.1 Å². The van der Waals surface area contributed by atoms with Crippen molar-refractivity contribution in [2.75, 3.05) is 0 Å². The maximum Gasteiger partial charge on any atom is 0.268 e. The van der Waals surface area contributed by atoms with Gasteiger partial charge in [0.25, 0.3) is 5.91 Å². The highest BCUT2D eigenvalue weighted by atomic mass is 35.5. The zero-order chi connectivity index (χ0) is 17.3. The molecule has 0 aliphatic carbocycles. The van der Waals surface area contributed by atoms with Crippen molar-refractivity contribution in [2.24, 2.45) is 5.73 Å². The summed E-state index contributed by atoms with van der Waals surface area (Å²) in [6.45, 7) is 1.87. The van der Waals surface area contributed by atoms with E-state index in [4.69, 9.17) is 17.3 Å². The van der Waals surface area contributed by atoms with E-state index in [0.717, 1.165) is 16.6 Å². The second-order valence-electron chi connectivity index (χ2n) is 5.27. The topological polar surface area (TPSA) is 114 Å². The zero-order valence-electron chi connectivity index (χ0n) is 12.8. The fraction of sp³-hybridized carbons (Fsp3) is 0.125. The highest BCUT2D eigenvalue weighted by molar-refractivity contribution is 6.34. The van der Waals surface area contributed by atoms with Crippen molar-refractivity contribution in [3.63, 3.8) is 0 Å². The van der Waals surface area contributed by atoms with E-state index < -0.39 is 5.91 Å². The fourth-order valence-electron chi connectivity index (χ4n) is 2.32. The number of carbonyl (C=O) groups excluding carboxylic acids is 2. The summed E-state index contributed by atoms with van der Waals surface area (Å²) in [4.78, 5) is 33.5. The minimum absolute atomic E-state index is 0.0911. The van der Waals surface area contributed by atoms with Crippen LogP contribution in [0.1, 0.15) is 23.1 Å². The Hall–Kier alpha value is -2.93. The molecule has 2 heterocycles. The van der Waals surface area contributed by atoms with Gasteiger partial charge in [0.15, 0.2) is 0 Å². The second kappa shape index (κ2) is 6.29. The molecule has 4 N–H and O–H groups in total. The average molecular weight is 344 g/mol. The first-order valence-electron chi connectivity index (χ1n) is 7.12. The van der Waals surface area contributed by atoms with Gasteiger partial charge in [0.1, 0.15) is 5.69 Å². The molecular weight excluding hydrogens is 330 g/mol. The van der Waals surface area contributed by atoms with E-state index in [1.807, 2.05) is 18.2 Å². The van der Waals surface area contributed by atoms with E-state index in [1.165, 1.54) is 19.3 Å². The van der Waals surface area contributed by atoms with Crippen molar-refractivity contribution in [2.45, 2.75) is 13.5 Å². The molecule has 0 unspecified atom stereocenters. The Morgan fingerprint density at radius 3 is 2.67 bits per heavy atom. The van der Waals surface area contributed by atoms with Gasteiger partial charge in [-0.3, -0.25) is 14.6 Å². The van der Waals surface area contributed by atoms with Crippen LogP contribution in [0.5, 0.6) is 0 Å². The van der Waals surface area contributed by atoms with Crippen molar-refractivity contribution in [3.05, 3.63) is 47.0 Å². The molecule has 0 atom stereocenters. The SMILES string of the molecule is CC(=O)NCc1cc2cc(Cl)c(-c3cnc(C(N)=O)cn3)cc2[nH]1. The molecule has 0 saturated carbocycles.